The van der Waals surface area contributed by atoms with Crippen molar-refractivity contribution in [2.75, 3.05) is 13.2 Å². The highest BCUT2D eigenvalue weighted by Crippen LogP contribution is 2.23. The maximum atomic E-state index is 12.9. The molecule has 1 fully saturated rings. The van der Waals surface area contributed by atoms with Crippen molar-refractivity contribution in [3.05, 3.63) is 60.8 Å². The number of aliphatic hydroxyl groups excluding tert-OH is 3. The molecule has 68 heavy (non-hydrogen) atoms. The molecule has 6 unspecified atom stereocenters. The summed E-state index contributed by atoms with van der Waals surface area (Å²) in [6, 6.07) is 0. The van der Waals surface area contributed by atoms with Crippen LogP contribution in [0.5, 0.6) is 0 Å². The largest absolute Gasteiger partial charge is 0.479 e. The summed E-state index contributed by atoms with van der Waals surface area (Å²) in [6.07, 6.45) is 49.8. The number of aliphatic carboxylic acids is 1. The molecule has 0 aliphatic carbocycles. The molecule has 0 aromatic carbocycles. The van der Waals surface area contributed by atoms with Crippen LogP contribution < -0.4 is 0 Å². The van der Waals surface area contributed by atoms with Gasteiger partial charge in [-0.2, -0.15) is 0 Å². The minimum Gasteiger partial charge on any atom is -0.479 e. The number of esters is 2. The predicted octanol–water partition coefficient (Wildman–Crippen LogP) is 13.4. The fourth-order valence-electron chi connectivity index (χ4n) is 8.10. The summed E-state index contributed by atoms with van der Waals surface area (Å²) >= 11 is 0. The molecule has 1 saturated heterocycles. The lowest BCUT2D eigenvalue weighted by molar-refractivity contribution is -0.298. The van der Waals surface area contributed by atoms with Gasteiger partial charge in [-0.25, -0.2) is 4.79 Å². The van der Waals surface area contributed by atoms with E-state index in [1.54, 1.807) is 0 Å². The van der Waals surface area contributed by atoms with E-state index in [1.165, 1.54) is 122 Å². The summed E-state index contributed by atoms with van der Waals surface area (Å²) < 4.78 is 21.9. The first-order valence-corrected chi connectivity index (χ1v) is 27.3. The summed E-state index contributed by atoms with van der Waals surface area (Å²) in [4.78, 5) is 37.1. The molecule has 11 heteroatoms. The van der Waals surface area contributed by atoms with E-state index in [2.05, 4.69) is 74.6 Å². The molecule has 1 heterocycles. The number of hydrogen-bond donors (Lipinski definition) is 4. The highest BCUT2D eigenvalue weighted by Gasteiger charge is 2.47. The van der Waals surface area contributed by atoms with E-state index < -0.39 is 61.3 Å². The van der Waals surface area contributed by atoms with Crippen LogP contribution in [0.4, 0.5) is 0 Å². The molecule has 6 atom stereocenters. The van der Waals surface area contributed by atoms with Crippen molar-refractivity contribution in [2.45, 2.75) is 269 Å². The quantitative estimate of drug-likeness (QED) is 0.0260. The van der Waals surface area contributed by atoms with Crippen LogP contribution in [0.1, 0.15) is 232 Å². The van der Waals surface area contributed by atoms with E-state index in [9.17, 15) is 34.8 Å². The van der Waals surface area contributed by atoms with Gasteiger partial charge >= 0.3 is 17.9 Å². The van der Waals surface area contributed by atoms with Crippen LogP contribution in [0.15, 0.2) is 60.8 Å². The Kier molecular flexibility index (Phi) is 42.8. The number of aliphatic hydroxyl groups is 3. The van der Waals surface area contributed by atoms with Gasteiger partial charge in [0.15, 0.2) is 18.5 Å². The molecule has 0 aromatic rings. The number of carbonyl (C=O) groups excluding carboxylic acids is 2. The minimum atomic E-state index is -1.86. The lowest BCUT2D eigenvalue weighted by Crippen LogP contribution is -2.60. The first kappa shape index (κ1) is 62.9. The van der Waals surface area contributed by atoms with Crippen molar-refractivity contribution in [3.8, 4) is 0 Å². The topological polar surface area (TPSA) is 169 Å². The van der Waals surface area contributed by atoms with Gasteiger partial charge in [-0.15, -0.1) is 0 Å². The Labute approximate surface area is 413 Å². The van der Waals surface area contributed by atoms with Crippen LogP contribution in [0.25, 0.3) is 0 Å². The van der Waals surface area contributed by atoms with E-state index in [-0.39, 0.29) is 19.4 Å². The molecule has 0 bridgehead atoms. The average Bonchev–Trinajstić information content (AvgIpc) is 3.32. The number of carbonyl (C=O) groups is 3. The Hall–Kier alpha value is -3.09. The Bertz CT molecular complexity index is 1360. The molecular formula is C57H98O11. The number of ether oxygens (including phenoxy) is 4. The molecule has 0 aromatic heterocycles. The van der Waals surface area contributed by atoms with Crippen molar-refractivity contribution < 1.29 is 53.8 Å². The maximum Gasteiger partial charge on any atom is 0.335 e. The van der Waals surface area contributed by atoms with Gasteiger partial charge in [-0.3, -0.25) is 9.59 Å². The van der Waals surface area contributed by atoms with E-state index in [0.29, 0.717) is 12.8 Å². The van der Waals surface area contributed by atoms with Gasteiger partial charge < -0.3 is 39.4 Å². The molecule has 0 radical (unpaired) electrons. The third-order valence-corrected chi connectivity index (χ3v) is 12.4. The molecule has 1 rings (SSSR count). The predicted molar refractivity (Wildman–Crippen MR) is 275 cm³/mol. The van der Waals surface area contributed by atoms with Gasteiger partial charge in [-0.1, -0.05) is 203 Å². The highest BCUT2D eigenvalue weighted by molar-refractivity contribution is 5.73. The number of carboxylic acid groups (broad SMARTS) is 1. The third kappa shape index (κ3) is 36.8. The van der Waals surface area contributed by atoms with Crippen molar-refractivity contribution in [1.29, 1.82) is 0 Å². The molecular weight excluding hydrogens is 861 g/mol. The third-order valence-electron chi connectivity index (χ3n) is 12.4. The van der Waals surface area contributed by atoms with Crippen LogP contribution in [-0.4, -0.2) is 88.4 Å². The smallest absolute Gasteiger partial charge is 0.335 e. The van der Waals surface area contributed by atoms with Crippen LogP contribution in [-0.2, 0) is 33.3 Å². The van der Waals surface area contributed by atoms with Gasteiger partial charge in [0.1, 0.15) is 24.9 Å². The van der Waals surface area contributed by atoms with Crippen molar-refractivity contribution >= 4 is 17.9 Å². The zero-order chi connectivity index (χ0) is 49.6. The van der Waals surface area contributed by atoms with Crippen LogP contribution in [0.2, 0.25) is 0 Å². The van der Waals surface area contributed by atoms with Crippen LogP contribution in [0.3, 0.4) is 0 Å². The van der Waals surface area contributed by atoms with Crippen molar-refractivity contribution in [2.24, 2.45) is 0 Å². The minimum absolute atomic E-state index is 0.179. The molecule has 0 amide bonds. The van der Waals surface area contributed by atoms with Crippen molar-refractivity contribution in [3.63, 3.8) is 0 Å². The molecule has 0 saturated carbocycles. The second-order valence-corrected chi connectivity index (χ2v) is 18.7. The molecule has 392 valence electrons. The van der Waals surface area contributed by atoms with E-state index in [4.69, 9.17) is 18.9 Å². The van der Waals surface area contributed by atoms with E-state index in [0.717, 1.165) is 70.6 Å². The average molecular weight is 959 g/mol. The first-order chi connectivity index (χ1) is 33.2. The van der Waals surface area contributed by atoms with E-state index in [1.807, 2.05) is 0 Å². The second kappa shape index (κ2) is 46.3. The summed E-state index contributed by atoms with van der Waals surface area (Å²) in [6.45, 7) is 3.72. The summed E-state index contributed by atoms with van der Waals surface area (Å²) in [7, 11) is 0. The fraction of sp³-hybridized carbons (Fsp3) is 0.772. The molecule has 1 aliphatic heterocycles. The van der Waals surface area contributed by atoms with Gasteiger partial charge in [0, 0.05) is 12.8 Å². The zero-order valence-electron chi connectivity index (χ0n) is 42.8. The Morgan fingerprint density at radius 2 is 0.868 bits per heavy atom. The monoisotopic (exact) mass is 959 g/mol. The normalized spacial score (nSPS) is 19.3. The Balaban J connectivity index is 2.27. The summed E-state index contributed by atoms with van der Waals surface area (Å²) in [5, 5.41) is 40.0. The lowest BCUT2D eigenvalue weighted by atomic mass is 9.99. The van der Waals surface area contributed by atoms with Crippen molar-refractivity contribution in [1.82, 2.24) is 0 Å². The van der Waals surface area contributed by atoms with Gasteiger partial charge in [0.25, 0.3) is 0 Å². The number of carboxylic acids is 1. The van der Waals surface area contributed by atoms with Gasteiger partial charge in [0.2, 0.25) is 0 Å². The summed E-state index contributed by atoms with van der Waals surface area (Å²) in [5.41, 5.74) is 0. The number of unbranched alkanes of at least 4 members (excludes halogenated alkanes) is 25. The maximum absolute atomic E-state index is 12.9. The molecule has 11 nitrogen and oxygen atoms in total. The summed E-state index contributed by atoms with van der Waals surface area (Å²) in [5.74, 6) is -2.45. The SMILES string of the molecule is CC/C=C\C/C=C\C/C=C\C/C=C\CCCCCCCCCCCCC(=O)OCC(COC1OC(C(=O)O)C(O)C(O)C1O)OC(=O)CCCCCCCCCCC/C=C\CCCCCCCC. The Morgan fingerprint density at radius 3 is 1.32 bits per heavy atom. The highest BCUT2D eigenvalue weighted by atomic mass is 16.7. The fourth-order valence-corrected chi connectivity index (χ4v) is 8.10. The van der Waals surface area contributed by atoms with Crippen LogP contribution in [0, 0.1) is 0 Å². The number of rotatable bonds is 46. The zero-order valence-corrected chi connectivity index (χ0v) is 42.8. The van der Waals surface area contributed by atoms with Gasteiger partial charge in [-0.05, 0) is 77.0 Å². The lowest BCUT2D eigenvalue weighted by Gasteiger charge is -2.38. The molecule has 1 aliphatic rings. The van der Waals surface area contributed by atoms with Gasteiger partial charge in [0.05, 0.1) is 6.61 Å². The van der Waals surface area contributed by atoms with Crippen LogP contribution >= 0.6 is 0 Å². The molecule has 4 N–H and O–H groups in total. The second-order valence-electron chi connectivity index (χ2n) is 18.7. The number of allylic oxidation sites excluding steroid dienone is 10. The molecule has 0 spiro atoms. The Morgan fingerprint density at radius 1 is 0.471 bits per heavy atom. The first-order valence-electron chi connectivity index (χ1n) is 27.3. The van der Waals surface area contributed by atoms with E-state index >= 15 is 0 Å². The standard InChI is InChI=1S/C57H98O11/c1-3-5-7-9-11-13-15-17-19-21-23-24-25-26-28-29-31-33-35-37-39-41-43-45-50(58)65-47-49(48-66-57-54(62)52(60)53(61)55(68-57)56(63)64)67-51(59)46-44-42-40-38-36-34-32-30-27-22-20-18-16-14-12-10-8-6-4-2/h5,7,11,13,17-20,23-24,49,52-55,57,60-62H,3-4,6,8-10,12,14-16,21-22,25-48H2,1-2H3,(H,63,64)/b7-5-,13-11-,19-17-,20-18-,24-23-. The number of hydrogen-bond acceptors (Lipinski definition) is 10.